The predicted octanol–water partition coefficient (Wildman–Crippen LogP) is 4.16. The van der Waals surface area contributed by atoms with Crippen LogP contribution in [0.1, 0.15) is 29.0 Å². The molecule has 1 saturated heterocycles. The molecule has 1 amide bonds. The molecule has 1 spiro atoms. The summed E-state index contributed by atoms with van der Waals surface area (Å²) in [5.41, 5.74) is 2.27. The minimum Gasteiger partial charge on any atom is -0.443 e. The van der Waals surface area contributed by atoms with E-state index in [2.05, 4.69) is 0 Å². The second kappa shape index (κ2) is 6.34. The molecule has 0 radical (unpaired) electrons. The molecule has 4 heteroatoms. The zero-order valence-electron chi connectivity index (χ0n) is 15.2. The van der Waals surface area contributed by atoms with E-state index in [0.29, 0.717) is 6.54 Å². The van der Waals surface area contributed by atoms with E-state index in [9.17, 15) is 9.59 Å². The number of rotatable bonds is 3. The molecule has 0 saturated carbocycles. The van der Waals surface area contributed by atoms with E-state index in [1.165, 1.54) is 0 Å². The molecular formula is C24H19NO3. The van der Waals surface area contributed by atoms with Crippen LogP contribution in [0.25, 0.3) is 0 Å². The topological polar surface area (TPSA) is 46.6 Å². The number of ether oxygens (including phenoxy) is 1. The first kappa shape index (κ1) is 16.8. The summed E-state index contributed by atoms with van der Waals surface area (Å²) < 4.78 is 5.85. The van der Waals surface area contributed by atoms with Crippen molar-refractivity contribution in [2.75, 3.05) is 4.90 Å². The molecular weight excluding hydrogens is 350 g/mol. The van der Waals surface area contributed by atoms with Crippen molar-refractivity contribution >= 4 is 17.6 Å². The van der Waals surface area contributed by atoms with Crippen LogP contribution in [-0.2, 0) is 26.5 Å². The largest absolute Gasteiger partial charge is 0.443 e. The maximum atomic E-state index is 13.8. The van der Waals surface area contributed by atoms with Crippen molar-refractivity contribution in [3.63, 3.8) is 0 Å². The van der Waals surface area contributed by atoms with Gasteiger partial charge in [-0.15, -0.1) is 0 Å². The number of esters is 1. The van der Waals surface area contributed by atoms with Gasteiger partial charge in [0.05, 0.1) is 18.7 Å². The third-order valence-electron chi connectivity index (χ3n) is 5.68. The monoisotopic (exact) mass is 369 g/mol. The highest BCUT2D eigenvalue weighted by molar-refractivity contribution is 6.09. The highest BCUT2D eigenvalue weighted by Gasteiger charge is 2.63. The quantitative estimate of drug-likeness (QED) is 0.652. The van der Waals surface area contributed by atoms with E-state index in [1.54, 1.807) is 4.90 Å². The standard InChI is InChI=1S/C24H19NO3/c26-22-15-20(18-11-5-2-6-12-18)24(28-22)19-13-7-8-14-21(19)25(23(24)27)16-17-9-3-1-4-10-17/h1-14,20H,15-16H2. The van der Waals surface area contributed by atoms with Gasteiger partial charge in [-0.3, -0.25) is 9.59 Å². The summed E-state index contributed by atoms with van der Waals surface area (Å²) in [6, 6.07) is 27.2. The number of benzene rings is 3. The van der Waals surface area contributed by atoms with Gasteiger partial charge in [0.1, 0.15) is 0 Å². The smallest absolute Gasteiger partial charge is 0.308 e. The van der Waals surface area contributed by atoms with Crippen LogP contribution in [0.2, 0.25) is 0 Å². The first-order valence-corrected chi connectivity index (χ1v) is 9.42. The van der Waals surface area contributed by atoms with Gasteiger partial charge in [0.2, 0.25) is 5.60 Å². The van der Waals surface area contributed by atoms with Gasteiger partial charge in [-0.1, -0.05) is 78.9 Å². The van der Waals surface area contributed by atoms with Gasteiger partial charge in [-0.25, -0.2) is 0 Å². The summed E-state index contributed by atoms with van der Waals surface area (Å²) in [4.78, 5) is 27.9. The van der Waals surface area contributed by atoms with Crippen molar-refractivity contribution in [1.29, 1.82) is 0 Å². The zero-order chi connectivity index (χ0) is 19.1. The van der Waals surface area contributed by atoms with Gasteiger partial charge in [0.25, 0.3) is 5.91 Å². The van der Waals surface area contributed by atoms with Gasteiger partial charge in [-0.05, 0) is 17.2 Å². The Morgan fingerprint density at radius 3 is 2.25 bits per heavy atom. The molecule has 2 aliphatic rings. The molecule has 3 aromatic rings. The molecule has 2 unspecified atom stereocenters. The lowest BCUT2D eigenvalue weighted by Crippen LogP contribution is -2.43. The molecule has 2 heterocycles. The van der Waals surface area contributed by atoms with Crippen LogP contribution in [0.5, 0.6) is 0 Å². The Morgan fingerprint density at radius 1 is 0.857 bits per heavy atom. The molecule has 3 aromatic carbocycles. The third-order valence-corrected chi connectivity index (χ3v) is 5.68. The molecule has 0 aromatic heterocycles. The second-order valence-electron chi connectivity index (χ2n) is 7.27. The summed E-state index contributed by atoms with van der Waals surface area (Å²) >= 11 is 0. The van der Waals surface area contributed by atoms with E-state index >= 15 is 0 Å². The van der Waals surface area contributed by atoms with Gasteiger partial charge >= 0.3 is 5.97 Å². The van der Waals surface area contributed by atoms with Crippen LogP contribution < -0.4 is 4.90 Å². The summed E-state index contributed by atoms with van der Waals surface area (Å²) in [5.74, 6) is -0.841. The van der Waals surface area contributed by atoms with E-state index in [4.69, 9.17) is 4.74 Å². The Kier molecular flexibility index (Phi) is 3.79. The van der Waals surface area contributed by atoms with Crippen LogP contribution in [0.15, 0.2) is 84.9 Å². The molecule has 138 valence electrons. The molecule has 0 aliphatic carbocycles. The molecule has 5 rings (SSSR count). The number of carbonyl (C=O) groups is 2. The number of anilines is 1. The van der Waals surface area contributed by atoms with Crippen molar-refractivity contribution < 1.29 is 14.3 Å². The molecule has 0 N–H and O–H groups in total. The van der Waals surface area contributed by atoms with Crippen LogP contribution in [0, 0.1) is 0 Å². The first-order chi connectivity index (χ1) is 13.7. The Hall–Kier alpha value is -3.40. The number of hydrogen-bond acceptors (Lipinski definition) is 3. The minimum absolute atomic E-state index is 0.169. The van der Waals surface area contributed by atoms with Crippen LogP contribution in [0.3, 0.4) is 0 Å². The summed E-state index contributed by atoms with van der Waals surface area (Å²) in [7, 11) is 0. The van der Waals surface area contributed by atoms with E-state index in [-0.39, 0.29) is 24.2 Å². The van der Waals surface area contributed by atoms with E-state index in [0.717, 1.165) is 22.4 Å². The van der Waals surface area contributed by atoms with Crippen LogP contribution in [0.4, 0.5) is 5.69 Å². The minimum atomic E-state index is -1.29. The predicted molar refractivity (Wildman–Crippen MR) is 106 cm³/mol. The normalized spacial score (nSPS) is 23.1. The summed E-state index contributed by atoms with van der Waals surface area (Å²) in [5, 5.41) is 0. The maximum absolute atomic E-state index is 13.8. The number of nitrogens with zero attached hydrogens (tertiary/aromatic N) is 1. The number of para-hydroxylation sites is 1. The lowest BCUT2D eigenvalue weighted by molar-refractivity contribution is -0.158. The van der Waals surface area contributed by atoms with E-state index < -0.39 is 5.60 Å². The summed E-state index contributed by atoms with van der Waals surface area (Å²) in [6.07, 6.45) is 0.198. The Morgan fingerprint density at radius 2 is 1.50 bits per heavy atom. The van der Waals surface area contributed by atoms with Crippen LogP contribution in [-0.4, -0.2) is 11.9 Å². The zero-order valence-corrected chi connectivity index (χ0v) is 15.2. The average Bonchev–Trinajstić information content (AvgIpc) is 3.21. The fourth-order valence-electron chi connectivity index (χ4n) is 4.45. The van der Waals surface area contributed by atoms with Gasteiger partial charge in [0, 0.05) is 11.5 Å². The Bertz CT molecular complexity index is 1050. The second-order valence-corrected chi connectivity index (χ2v) is 7.27. The number of amides is 1. The van der Waals surface area contributed by atoms with Crippen molar-refractivity contribution in [2.45, 2.75) is 24.5 Å². The Labute approximate surface area is 163 Å². The maximum Gasteiger partial charge on any atom is 0.308 e. The Balaban J connectivity index is 1.65. The van der Waals surface area contributed by atoms with Crippen molar-refractivity contribution in [3.05, 3.63) is 102 Å². The van der Waals surface area contributed by atoms with E-state index in [1.807, 2.05) is 84.9 Å². The van der Waals surface area contributed by atoms with Crippen molar-refractivity contribution in [3.8, 4) is 0 Å². The SMILES string of the molecule is O=C1CC(c2ccccc2)C2(O1)C(=O)N(Cc1ccccc1)c1ccccc12. The fraction of sp³-hybridized carbons (Fsp3) is 0.167. The molecule has 2 atom stereocenters. The van der Waals surface area contributed by atoms with Gasteiger partial charge in [-0.2, -0.15) is 0 Å². The highest BCUT2D eigenvalue weighted by Crippen LogP contribution is 2.55. The van der Waals surface area contributed by atoms with Gasteiger partial charge in [0.15, 0.2) is 0 Å². The molecule has 4 nitrogen and oxygen atoms in total. The van der Waals surface area contributed by atoms with Crippen molar-refractivity contribution in [1.82, 2.24) is 0 Å². The van der Waals surface area contributed by atoms with Crippen LogP contribution >= 0.6 is 0 Å². The lowest BCUT2D eigenvalue weighted by atomic mass is 9.78. The van der Waals surface area contributed by atoms with Crippen molar-refractivity contribution in [2.24, 2.45) is 0 Å². The third kappa shape index (κ3) is 2.38. The number of carbonyl (C=O) groups excluding carboxylic acids is 2. The summed E-state index contributed by atoms with van der Waals surface area (Å²) in [6.45, 7) is 0.442. The molecule has 28 heavy (non-hydrogen) atoms. The molecule has 2 aliphatic heterocycles. The molecule has 0 bridgehead atoms. The lowest BCUT2D eigenvalue weighted by Gasteiger charge is -2.29. The average molecular weight is 369 g/mol. The number of fused-ring (bicyclic) bond motifs is 2. The van der Waals surface area contributed by atoms with Gasteiger partial charge < -0.3 is 9.64 Å². The first-order valence-electron chi connectivity index (χ1n) is 9.42. The molecule has 1 fully saturated rings. The number of hydrogen-bond donors (Lipinski definition) is 0. The fourth-order valence-corrected chi connectivity index (χ4v) is 4.45. The highest BCUT2D eigenvalue weighted by atomic mass is 16.6.